The van der Waals surface area contributed by atoms with Crippen molar-refractivity contribution in [2.24, 2.45) is 5.92 Å². The number of aryl methyl sites for hydroxylation is 1. The van der Waals surface area contributed by atoms with Crippen LogP contribution >= 0.6 is 11.6 Å². The van der Waals surface area contributed by atoms with Gasteiger partial charge in [-0.05, 0) is 31.0 Å². The Labute approximate surface area is 143 Å². The van der Waals surface area contributed by atoms with Gasteiger partial charge in [-0.2, -0.15) is 18.2 Å². The van der Waals surface area contributed by atoms with E-state index in [9.17, 15) is 13.2 Å². The van der Waals surface area contributed by atoms with E-state index in [1.165, 1.54) is 12.1 Å². The lowest BCUT2D eigenvalue weighted by molar-refractivity contribution is -0.137. The summed E-state index contributed by atoms with van der Waals surface area (Å²) < 4.78 is 38.8. The lowest BCUT2D eigenvalue weighted by atomic mass is 10.2. The topological polar surface area (TPSA) is 49.8 Å². The number of hydrogen-bond acceptors (Lipinski definition) is 4. The van der Waals surface area contributed by atoms with E-state index in [4.69, 9.17) is 11.6 Å². The molecule has 0 radical (unpaired) electrons. The van der Waals surface area contributed by atoms with E-state index in [0.29, 0.717) is 29.9 Å². The summed E-state index contributed by atoms with van der Waals surface area (Å²) in [5.41, 5.74) is 0.0569. The van der Waals surface area contributed by atoms with Gasteiger partial charge in [-0.1, -0.05) is 25.4 Å². The zero-order chi connectivity index (χ0) is 17.9. The number of alkyl halides is 3. The monoisotopic (exact) mass is 358 g/mol. The largest absolute Gasteiger partial charge is 0.417 e. The molecule has 2 aromatic rings. The zero-order valence-electron chi connectivity index (χ0n) is 13.5. The molecule has 0 saturated carbocycles. The highest BCUT2D eigenvalue weighted by atomic mass is 35.5. The summed E-state index contributed by atoms with van der Waals surface area (Å²) in [6, 6.07) is 5.29. The molecule has 0 saturated heterocycles. The van der Waals surface area contributed by atoms with Crippen molar-refractivity contribution in [1.82, 2.24) is 9.97 Å². The Hall–Kier alpha value is -2.02. The molecule has 2 rings (SSSR count). The fraction of sp³-hybridized carbons (Fsp3) is 0.375. The Balaban J connectivity index is 2.25. The predicted molar refractivity (Wildman–Crippen MR) is 89.8 cm³/mol. The average Bonchev–Trinajstić information content (AvgIpc) is 2.45. The molecule has 8 heteroatoms. The van der Waals surface area contributed by atoms with Gasteiger partial charge in [0.05, 0.1) is 10.6 Å². The van der Waals surface area contributed by atoms with Crippen LogP contribution in [0.1, 0.15) is 25.1 Å². The fourth-order valence-corrected chi connectivity index (χ4v) is 2.20. The van der Waals surface area contributed by atoms with Crippen LogP contribution in [-0.4, -0.2) is 16.5 Å². The van der Waals surface area contributed by atoms with Gasteiger partial charge in [0.25, 0.3) is 0 Å². The van der Waals surface area contributed by atoms with E-state index < -0.39 is 11.7 Å². The number of hydrogen-bond donors (Lipinski definition) is 2. The van der Waals surface area contributed by atoms with Crippen molar-refractivity contribution in [3.63, 3.8) is 0 Å². The molecule has 0 atom stereocenters. The van der Waals surface area contributed by atoms with E-state index in [1.54, 1.807) is 13.0 Å². The summed E-state index contributed by atoms with van der Waals surface area (Å²) in [4.78, 5) is 8.52. The van der Waals surface area contributed by atoms with Crippen LogP contribution in [-0.2, 0) is 6.18 Å². The smallest absolute Gasteiger partial charge is 0.354 e. The molecule has 0 spiro atoms. The maximum Gasteiger partial charge on any atom is 0.417 e. The minimum Gasteiger partial charge on any atom is -0.354 e. The third-order valence-corrected chi connectivity index (χ3v) is 3.40. The van der Waals surface area contributed by atoms with E-state index in [2.05, 4.69) is 20.6 Å². The van der Waals surface area contributed by atoms with Gasteiger partial charge in [0.15, 0.2) is 0 Å². The van der Waals surface area contributed by atoms with Crippen molar-refractivity contribution in [2.75, 3.05) is 17.2 Å². The standard InChI is InChI=1S/C16H18ClF3N4/c1-9(2)8-21-15-22-10(3)6-14(24-15)23-11-4-5-13(17)12(7-11)16(18,19)20/h4-7,9H,8H2,1-3H3,(H2,21,22,23,24). The second-order valence-corrected chi connectivity index (χ2v) is 6.22. The van der Waals surface area contributed by atoms with Crippen LogP contribution in [0.25, 0.3) is 0 Å². The predicted octanol–water partition coefficient (Wildman–Crippen LogP) is 5.27. The van der Waals surface area contributed by atoms with Crippen molar-refractivity contribution >= 4 is 29.1 Å². The third kappa shape index (κ3) is 4.99. The van der Waals surface area contributed by atoms with Crippen LogP contribution in [0.5, 0.6) is 0 Å². The highest BCUT2D eigenvalue weighted by Gasteiger charge is 2.33. The molecule has 1 heterocycles. The first-order valence-electron chi connectivity index (χ1n) is 7.38. The minimum atomic E-state index is -4.51. The number of nitrogens with zero attached hydrogens (tertiary/aromatic N) is 2. The second kappa shape index (κ2) is 7.25. The number of aromatic nitrogens is 2. The summed E-state index contributed by atoms with van der Waals surface area (Å²) in [6.07, 6.45) is -4.51. The molecule has 0 amide bonds. The molecule has 0 aliphatic carbocycles. The maximum absolute atomic E-state index is 12.9. The highest BCUT2D eigenvalue weighted by molar-refractivity contribution is 6.31. The maximum atomic E-state index is 12.9. The van der Waals surface area contributed by atoms with Gasteiger partial charge >= 0.3 is 6.18 Å². The molecule has 1 aromatic carbocycles. The van der Waals surface area contributed by atoms with Gasteiger partial charge in [-0.25, -0.2) is 4.98 Å². The normalized spacial score (nSPS) is 11.7. The van der Waals surface area contributed by atoms with E-state index in [1.807, 2.05) is 13.8 Å². The van der Waals surface area contributed by atoms with Gasteiger partial charge in [-0.3, -0.25) is 0 Å². The number of nitrogens with one attached hydrogen (secondary N) is 2. The molecular formula is C16H18ClF3N4. The molecular weight excluding hydrogens is 341 g/mol. The number of benzene rings is 1. The SMILES string of the molecule is Cc1cc(Nc2ccc(Cl)c(C(F)(F)F)c2)nc(NCC(C)C)n1. The quantitative estimate of drug-likeness (QED) is 0.764. The summed E-state index contributed by atoms with van der Waals surface area (Å²) in [5, 5.41) is 5.61. The average molecular weight is 359 g/mol. The summed E-state index contributed by atoms with van der Waals surface area (Å²) >= 11 is 5.62. The number of anilines is 3. The van der Waals surface area contributed by atoms with Crippen molar-refractivity contribution < 1.29 is 13.2 Å². The van der Waals surface area contributed by atoms with Crippen LogP contribution in [0.4, 0.5) is 30.6 Å². The van der Waals surface area contributed by atoms with Gasteiger partial charge in [0.2, 0.25) is 5.95 Å². The number of halogens is 4. The Bertz CT molecular complexity index is 717. The molecule has 24 heavy (non-hydrogen) atoms. The molecule has 0 fully saturated rings. The number of rotatable bonds is 5. The molecule has 2 N–H and O–H groups in total. The van der Waals surface area contributed by atoms with E-state index >= 15 is 0 Å². The lowest BCUT2D eigenvalue weighted by Crippen LogP contribution is -2.12. The Morgan fingerprint density at radius 3 is 2.50 bits per heavy atom. The molecule has 4 nitrogen and oxygen atoms in total. The van der Waals surface area contributed by atoms with Crippen LogP contribution in [0.2, 0.25) is 5.02 Å². The second-order valence-electron chi connectivity index (χ2n) is 5.81. The Morgan fingerprint density at radius 1 is 1.17 bits per heavy atom. The van der Waals surface area contributed by atoms with E-state index in [-0.39, 0.29) is 10.7 Å². The first kappa shape index (κ1) is 18.3. The minimum absolute atomic E-state index is 0.250. The van der Waals surface area contributed by atoms with Crippen molar-refractivity contribution in [3.8, 4) is 0 Å². The molecule has 0 unspecified atom stereocenters. The van der Waals surface area contributed by atoms with Crippen LogP contribution in [0.3, 0.4) is 0 Å². The zero-order valence-corrected chi connectivity index (χ0v) is 14.3. The fourth-order valence-electron chi connectivity index (χ4n) is 1.98. The molecule has 1 aromatic heterocycles. The van der Waals surface area contributed by atoms with Crippen LogP contribution < -0.4 is 10.6 Å². The highest BCUT2D eigenvalue weighted by Crippen LogP contribution is 2.36. The summed E-state index contributed by atoms with van der Waals surface area (Å²) in [6.45, 7) is 6.58. The molecule has 130 valence electrons. The van der Waals surface area contributed by atoms with Crippen LogP contribution in [0, 0.1) is 12.8 Å². The van der Waals surface area contributed by atoms with Gasteiger partial charge in [0.1, 0.15) is 5.82 Å². The third-order valence-electron chi connectivity index (χ3n) is 3.07. The van der Waals surface area contributed by atoms with Crippen LogP contribution in [0.15, 0.2) is 24.3 Å². The molecule has 0 aliphatic rings. The van der Waals surface area contributed by atoms with Gasteiger partial charge in [-0.15, -0.1) is 0 Å². The first-order chi connectivity index (χ1) is 11.1. The lowest BCUT2D eigenvalue weighted by Gasteiger charge is -2.13. The van der Waals surface area contributed by atoms with E-state index in [0.717, 1.165) is 6.07 Å². The Kier molecular flexibility index (Phi) is 5.54. The van der Waals surface area contributed by atoms with Crippen molar-refractivity contribution in [2.45, 2.75) is 26.9 Å². The summed E-state index contributed by atoms with van der Waals surface area (Å²) in [7, 11) is 0. The first-order valence-corrected chi connectivity index (χ1v) is 7.76. The van der Waals surface area contributed by atoms with Gasteiger partial charge < -0.3 is 10.6 Å². The molecule has 0 bridgehead atoms. The van der Waals surface area contributed by atoms with Gasteiger partial charge in [0, 0.05) is 24.0 Å². The molecule has 0 aliphatic heterocycles. The Morgan fingerprint density at radius 2 is 1.88 bits per heavy atom. The van der Waals surface area contributed by atoms with Crippen molar-refractivity contribution in [1.29, 1.82) is 0 Å². The summed E-state index contributed by atoms with van der Waals surface area (Å²) in [5.74, 6) is 1.25. The van der Waals surface area contributed by atoms with Crippen molar-refractivity contribution in [3.05, 3.63) is 40.5 Å².